The Morgan fingerprint density at radius 1 is 1.21 bits per heavy atom. The molecule has 1 aromatic carbocycles. The van der Waals surface area contributed by atoms with Crippen LogP contribution in [0.2, 0.25) is 0 Å². The minimum atomic E-state index is -4.42. The topological polar surface area (TPSA) is 76.3 Å². The van der Waals surface area contributed by atoms with Crippen molar-refractivity contribution in [1.29, 1.82) is 0 Å². The summed E-state index contributed by atoms with van der Waals surface area (Å²) in [5.41, 5.74) is 6.18. The monoisotopic (exact) mass is 465 g/mol. The van der Waals surface area contributed by atoms with Crippen molar-refractivity contribution in [3.8, 4) is 0 Å². The van der Waals surface area contributed by atoms with Gasteiger partial charge in [0.05, 0.1) is 24.8 Å². The first-order chi connectivity index (χ1) is 15.7. The summed E-state index contributed by atoms with van der Waals surface area (Å²) in [6.45, 7) is 5.22. The van der Waals surface area contributed by atoms with Gasteiger partial charge in [-0.05, 0) is 30.5 Å². The number of nitrogens with zero attached hydrogens (tertiary/aromatic N) is 3. The molecule has 178 valence electrons. The molecule has 1 aliphatic carbocycles. The molecular formula is C23H27F4N5O. The number of aromatic nitrogens is 2. The van der Waals surface area contributed by atoms with Crippen LogP contribution in [0.5, 0.6) is 0 Å². The van der Waals surface area contributed by atoms with Crippen molar-refractivity contribution in [3.05, 3.63) is 59.8 Å². The van der Waals surface area contributed by atoms with Crippen molar-refractivity contribution in [2.45, 2.75) is 37.9 Å². The number of alkyl halides is 3. The molecule has 1 saturated heterocycles. The number of morpholine rings is 1. The SMILES string of the molecule is C=C(N)C1(CNc2ncnc(N3CCOC[C@@H]3c3ccc(C(F)(F)F)cc3)c2F)CCCC1. The largest absolute Gasteiger partial charge is 0.416 e. The zero-order valence-electron chi connectivity index (χ0n) is 18.2. The molecule has 1 aliphatic heterocycles. The van der Waals surface area contributed by atoms with E-state index in [1.54, 1.807) is 4.90 Å². The molecule has 2 aliphatic rings. The lowest BCUT2D eigenvalue weighted by atomic mass is 9.83. The Labute approximate surface area is 189 Å². The number of rotatable bonds is 6. The summed E-state index contributed by atoms with van der Waals surface area (Å²) in [5, 5.41) is 3.09. The molecule has 0 unspecified atom stereocenters. The van der Waals surface area contributed by atoms with Gasteiger partial charge in [-0.2, -0.15) is 17.6 Å². The maximum Gasteiger partial charge on any atom is 0.416 e. The van der Waals surface area contributed by atoms with Crippen molar-refractivity contribution in [1.82, 2.24) is 9.97 Å². The highest BCUT2D eigenvalue weighted by Gasteiger charge is 2.36. The maximum absolute atomic E-state index is 15.5. The molecule has 0 spiro atoms. The zero-order chi connectivity index (χ0) is 23.6. The molecule has 4 rings (SSSR count). The molecular weight excluding hydrogens is 438 g/mol. The second-order valence-corrected chi connectivity index (χ2v) is 8.63. The van der Waals surface area contributed by atoms with E-state index in [1.807, 2.05) is 0 Å². The third kappa shape index (κ3) is 4.75. The van der Waals surface area contributed by atoms with Gasteiger partial charge in [-0.1, -0.05) is 31.6 Å². The van der Waals surface area contributed by atoms with E-state index < -0.39 is 23.6 Å². The zero-order valence-corrected chi connectivity index (χ0v) is 18.2. The Morgan fingerprint density at radius 2 is 1.91 bits per heavy atom. The van der Waals surface area contributed by atoms with E-state index in [0.29, 0.717) is 31.0 Å². The van der Waals surface area contributed by atoms with E-state index in [0.717, 1.165) is 37.8 Å². The summed E-state index contributed by atoms with van der Waals surface area (Å²) >= 11 is 0. The van der Waals surface area contributed by atoms with Crippen LogP contribution in [0.25, 0.3) is 0 Å². The third-order valence-electron chi connectivity index (χ3n) is 6.63. The molecule has 1 atom stereocenters. The summed E-state index contributed by atoms with van der Waals surface area (Å²) < 4.78 is 59.9. The molecule has 33 heavy (non-hydrogen) atoms. The van der Waals surface area contributed by atoms with Gasteiger partial charge < -0.3 is 20.7 Å². The Kier molecular flexibility index (Phi) is 6.47. The summed E-state index contributed by atoms with van der Waals surface area (Å²) in [6, 6.07) is 4.34. The van der Waals surface area contributed by atoms with Crippen molar-refractivity contribution in [2.75, 3.05) is 36.5 Å². The van der Waals surface area contributed by atoms with Gasteiger partial charge >= 0.3 is 6.18 Å². The van der Waals surface area contributed by atoms with E-state index in [2.05, 4.69) is 21.9 Å². The lowest BCUT2D eigenvalue weighted by Gasteiger charge is -2.37. The Morgan fingerprint density at radius 3 is 2.55 bits per heavy atom. The summed E-state index contributed by atoms with van der Waals surface area (Å²) in [4.78, 5) is 9.93. The van der Waals surface area contributed by atoms with E-state index >= 15 is 4.39 Å². The number of ether oxygens (including phenoxy) is 1. The summed E-state index contributed by atoms with van der Waals surface area (Å²) in [6.07, 6.45) is 0.698. The number of anilines is 2. The summed E-state index contributed by atoms with van der Waals surface area (Å²) in [7, 11) is 0. The lowest BCUT2D eigenvalue weighted by Crippen LogP contribution is -2.41. The molecule has 2 heterocycles. The number of halogens is 4. The first-order valence-corrected chi connectivity index (χ1v) is 10.9. The molecule has 0 amide bonds. The fourth-order valence-electron chi connectivity index (χ4n) is 4.63. The molecule has 2 aromatic rings. The van der Waals surface area contributed by atoms with Crippen molar-refractivity contribution in [2.24, 2.45) is 11.1 Å². The average Bonchev–Trinajstić information content (AvgIpc) is 3.28. The van der Waals surface area contributed by atoms with Gasteiger partial charge in [0.1, 0.15) is 6.33 Å². The number of nitrogens with one attached hydrogen (secondary N) is 1. The molecule has 10 heteroatoms. The van der Waals surface area contributed by atoms with Crippen LogP contribution in [0.3, 0.4) is 0 Å². The smallest absolute Gasteiger partial charge is 0.402 e. The van der Waals surface area contributed by atoms with E-state index in [4.69, 9.17) is 10.5 Å². The summed E-state index contributed by atoms with van der Waals surface area (Å²) in [5.74, 6) is -0.481. The van der Waals surface area contributed by atoms with E-state index in [-0.39, 0.29) is 23.7 Å². The Balaban J connectivity index is 1.57. The molecule has 2 fully saturated rings. The van der Waals surface area contributed by atoms with Crippen LogP contribution in [0.4, 0.5) is 29.2 Å². The number of nitrogens with two attached hydrogens (primary N) is 1. The Bertz CT molecular complexity index is 989. The van der Waals surface area contributed by atoms with Gasteiger partial charge in [-0.15, -0.1) is 0 Å². The maximum atomic E-state index is 15.5. The van der Waals surface area contributed by atoms with Crippen LogP contribution in [0.1, 0.15) is 42.9 Å². The predicted octanol–water partition coefficient (Wildman–Crippen LogP) is 4.66. The second-order valence-electron chi connectivity index (χ2n) is 8.63. The fourth-order valence-corrected chi connectivity index (χ4v) is 4.63. The molecule has 6 nitrogen and oxygen atoms in total. The first kappa shape index (κ1) is 23.3. The average molecular weight is 465 g/mol. The minimum Gasteiger partial charge on any atom is -0.402 e. The van der Waals surface area contributed by atoms with Gasteiger partial charge in [-0.3, -0.25) is 0 Å². The second kappa shape index (κ2) is 9.17. The molecule has 1 saturated carbocycles. The van der Waals surface area contributed by atoms with Gasteiger partial charge in [0.25, 0.3) is 0 Å². The van der Waals surface area contributed by atoms with Crippen LogP contribution >= 0.6 is 0 Å². The van der Waals surface area contributed by atoms with Crippen LogP contribution in [0, 0.1) is 11.2 Å². The lowest BCUT2D eigenvalue weighted by molar-refractivity contribution is -0.137. The number of hydrogen-bond donors (Lipinski definition) is 2. The highest BCUT2D eigenvalue weighted by molar-refractivity contribution is 5.53. The molecule has 0 bridgehead atoms. The number of benzene rings is 1. The predicted molar refractivity (Wildman–Crippen MR) is 117 cm³/mol. The molecule has 0 radical (unpaired) electrons. The standard InChI is InChI=1S/C23H27F4N5O/c1-15(28)22(8-2-3-9-22)13-29-20-19(24)21(31-14-30-20)32-10-11-33-12-18(32)16-4-6-17(7-5-16)23(25,26)27/h4-7,14,18H,1-3,8-13,28H2,(H,29,30,31)/t18-/m1/s1. The van der Waals surface area contributed by atoms with E-state index in [1.165, 1.54) is 18.5 Å². The first-order valence-electron chi connectivity index (χ1n) is 10.9. The highest BCUT2D eigenvalue weighted by atomic mass is 19.4. The molecule has 1 aromatic heterocycles. The van der Waals surface area contributed by atoms with Crippen molar-refractivity contribution >= 4 is 11.6 Å². The van der Waals surface area contributed by atoms with Crippen molar-refractivity contribution in [3.63, 3.8) is 0 Å². The van der Waals surface area contributed by atoms with Gasteiger partial charge in [-0.25, -0.2) is 9.97 Å². The van der Waals surface area contributed by atoms with Crippen LogP contribution in [-0.2, 0) is 10.9 Å². The number of hydrogen-bond acceptors (Lipinski definition) is 6. The molecule has 3 N–H and O–H groups in total. The van der Waals surface area contributed by atoms with Crippen molar-refractivity contribution < 1.29 is 22.3 Å². The van der Waals surface area contributed by atoms with E-state index in [9.17, 15) is 13.2 Å². The highest BCUT2D eigenvalue weighted by Crippen LogP contribution is 2.42. The normalized spacial score (nSPS) is 20.6. The van der Waals surface area contributed by atoms with Crippen LogP contribution in [0.15, 0.2) is 42.9 Å². The van der Waals surface area contributed by atoms with Crippen LogP contribution < -0.4 is 16.0 Å². The van der Waals surface area contributed by atoms with Gasteiger partial charge in [0, 0.05) is 24.2 Å². The Hall–Kier alpha value is -2.88. The minimum absolute atomic E-state index is 0.0604. The van der Waals surface area contributed by atoms with Gasteiger partial charge in [0.15, 0.2) is 11.6 Å². The third-order valence-corrected chi connectivity index (χ3v) is 6.63. The fraction of sp³-hybridized carbons (Fsp3) is 0.478. The van der Waals surface area contributed by atoms with Crippen LogP contribution in [-0.4, -0.2) is 36.3 Å². The quantitative estimate of drug-likeness (QED) is 0.605. The van der Waals surface area contributed by atoms with Gasteiger partial charge in [0.2, 0.25) is 5.82 Å².